The number of ether oxygens (including phenoxy) is 1. The summed E-state index contributed by atoms with van der Waals surface area (Å²) in [6.07, 6.45) is 0. The lowest BCUT2D eigenvalue weighted by Crippen LogP contribution is -2.18. The molecular weight excluding hydrogens is 344 g/mol. The van der Waals surface area contributed by atoms with Gasteiger partial charge in [-0.2, -0.15) is 0 Å². The van der Waals surface area contributed by atoms with Crippen molar-refractivity contribution in [1.29, 1.82) is 0 Å². The van der Waals surface area contributed by atoms with Gasteiger partial charge in [0.2, 0.25) is 5.75 Å². The van der Waals surface area contributed by atoms with Gasteiger partial charge in [-0.1, -0.05) is 11.6 Å². The predicted molar refractivity (Wildman–Crippen MR) is 95.0 cm³/mol. The van der Waals surface area contributed by atoms with Crippen molar-refractivity contribution < 1.29 is 19.7 Å². The van der Waals surface area contributed by atoms with E-state index >= 15 is 0 Å². The van der Waals surface area contributed by atoms with Crippen LogP contribution >= 0.6 is 11.6 Å². The molecule has 25 heavy (non-hydrogen) atoms. The molecule has 1 fully saturated rings. The summed E-state index contributed by atoms with van der Waals surface area (Å²) in [4.78, 5) is 13.1. The number of Topliss-reactive ketones (excluding diaryl/α,β-unsaturated/α-hetero) is 1. The summed E-state index contributed by atoms with van der Waals surface area (Å²) in [5.74, 6) is -0.348. The van der Waals surface area contributed by atoms with Crippen molar-refractivity contribution in [2.24, 2.45) is 0 Å². The van der Waals surface area contributed by atoms with E-state index in [1.54, 1.807) is 24.3 Å². The number of hydrogen-bond donors (Lipinski definition) is 4. The Bertz CT molecular complexity index is 839. The minimum absolute atomic E-state index is 0.0787. The van der Waals surface area contributed by atoms with Crippen LogP contribution in [0.2, 0.25) is 5.02 Å². The molecule has 0 bridgehead atoms. The molecule has 2 aromatic carbocycles. The Morgan fingerprint density at radius 1 is 1.08 bits per heavy atom. The second kappa shape index (κ2) is 6.94. The smallest absolute Gasteiger partial charge is 0.200 e. The lowest BCUT2D eigenvalue weighted by Gasteiger charge is -2.14. The summed E-state index contributed by atoms with van der Waals surface area (Å²) in [5.41, 5.74) is 1.21. The van der Waals surface area contributed by atoms with Gasteiger partial charge in [0.1, 0.15) is 5.82 Å². The third kappa shape index (κ3) is 3.34. The van der Waals surface area contributed by atoms with E-state index in [0.717, 1.165) is 0 Å². The highest BCUT2D eigenvalue weighted by Crippen LogP contribution is 2.39. The van der Waals surface area contributed by atoms with Crippen LogP contribution in [-0.2, 0) is 0 Å². The molecule has 1 saturated heterocycles. The SMILES string of the molecule is COc1cc(C(C(=O)c2ccc(Cl)cc2)=C2NCCN2)cc(O)c1O. The topological polar surface area (TPSA) is 90.8 Å². The molecule has 0 spiro atoms. The zero-order valence-corrected chi connectivity index (χ0v) is 14.2. The highest BCUT2D eigenvalue weighted by molar-refractivity contribution is 6.32. The number of benzene rings is 2. The quantitative estimate of drug-likeness (QED) is 0.380. The lowest BCUT2D eigenvalue weighted by molar-refractivity contribution is 0.105. The van der Waals surface area contributed by atoms with Crippen LogP contribution in [0, 0.1) is 0 Å². The van der Waals surface area contributed by atoms with Crippen LogP contribution in [0.1, 0.15) is 15.9 Å². The average Bonchev–Trinajstić information content (AvgIpc) is 3.12. The highest BCUT2D eigenvalue weighted by atomic mass is 35.5. The van der Waals surface area contributed by atoms with E-state index in [2.05, 4.69) is 10.6 Å². The van der Waals surface area contributed by atoms with Crippen molar-refractivity contribution in [3.8, 4) is 17.2 Å². The number of carbonyl (C=O) groups excluding carboxylic acids is 1. The van der Waals surface area contributed by atoms with Gasteiger partial charge in [0.25, 0.3) is 0 Å². The molecule has 0 radical (unpaired) electrons. The van der Waals surface area contributed by atoms with Crippen LogP contribution in [0.15, 0.2) is 42.2 Å². The van der Waals surface area contributed by atoms with E-state index in [0.29, 0.717) is 40.6 Å². The number of carbonyl (C=O) groups is 1. The Labute approximate surface area is 149 Å². The molecule has 0 atom stereocenters. The zero-order chi connectivity index (χ0) is 18.0. The van der Waals surface area contributed by atoms with Crippen LogP contribution in [-0.4, -0.2) is 36.2 Å². The highest BCUT2D eigenvalue weighted by Gasteiger charge is 2.24. The summed E-state index contributed by atoms with van der Waals surface area (Å²) in [6, 6.07) is 9.39. The maximum atomic E-state index is 13.1. The average molecular weight is 361 g/mol. The van der Waals surface area contributed by atoms with Crippen molar-refractivity contribution in [2.45, 2.75) is 0 Å². The first-order chi connectivity index (χ1) is 12.0. The van der Waals surface area contributed by atoms with E-state index in [-0.39, 0.29) is 23.0 Å². The zero-order valence-electron chi connectivity index (χ0n) is 13.5. The van der Waals surface area contributed by atoms with Gasteiger partial charge in [-0.15, -0.1) is 0 Å². The minimum Gasteiger partial charge on any atom is -0.504 e. The van der Waals surface area contributed by atoms with Crippen molar-refractivity contribution in [2.75, 3.05) is 20.2 Å². The van der Waals surface area contributed by atoms with E-state index in [4.69, 9.17) is 16.3 Å². The number of phenolic OH excluding ortho intramolecular Hbond substituents is 2. The Hall–Kier alpha value is -2.86. The van der Waals surface area contributed by atoms with Crippen LogP contribution in [0.4, 0.5) is 0 Å². The number of nitrogens with one attached hydrogen (secondary N) is 2. The van der Waals surface area contributed by atoms with E-state index in [1.807, 2.05) is 0 Å². The fourth-order valence-electron chi connectivity index (χ4n) is 2.64. The standard InChI is InChI=1S/C18H17ClN2O4/c1-25-14-9-11(8-13(22)17(14)24)15(18-20-6-7-21-18)16(23)10-2-4-12(19)5-3-10/h2-5,8-9,20-22,24H,6-7H2,1H3. The Kier molecular flexibility index (Phi) is 4.72. The molecule has 0 aliphatic carbocycles. The van der Waals surface area contributed by atoms with Crippen LogP contribution in [0.5, 0.6) is 17.2 Å². The molecule has 7 heteroatoms. The first kappa shape index (κ1) is 17.0. The minimum atomic E-state index is -0.373. The number of methoxy groups -OCH3 is 1. The van der Waals surface area contributed by atoms with Crippen LogP contribution in [0.3, 0.4) is 0 Å². The third-order valence-corrected chi connectivity index (χ3v) is 4.13. The van der Waals surface area contributed by atoms with E-state index in [9.17, 15) is 15.0 Å². The Morgan fingerprint density at radius 3 is 2.32 bits per heavy atom. The van der Waals surface area contributed by atoms with Gasteiger partial charge in [0, 0.05) is 23.7 Å². The van der Waals surface area contributed by atoms with Gasteiger partial charge in [-0.3, -0.25) is 4.79 Å². The lowest BCUT2D eigenvalue weighted by atomic mass is 9.96. The van der Waals surface area contributed by atoms with Crippen molar-refractivity contribution in [3.05, 3.63) is 58.4 Å². The summed E-state index contributed by atoms with van der Waals surface area (Å²) in [5, 5.41) is 26.6. The van der Waals surface area contributed by atoms with Crippen molar-refractivity contribution in [3.63, 3.8) is 0 Å². The third-order valence-electron chi connectivity index (χ3n) is 3.88. The van der Waals surface area contributed by atoms with Gasteiger partial charge in [0.15, 0.2) is 17.3 Å². The molecule has 1 aliphatic rings. The first-order valence-corrected chi connectivity index (χ1v) is 8.01. The second-order valence-electron chi connectivity index (χ2n) is 5.49. The maximum absolute atomic E-state index is 13.1. The molecular formula is C18H17ClN2O4. The molecule has 0 unspecified atom stereocenters. The molecule has 0 saturated carbocycles. The fourth-order valence-corrected chi connectivity index (χ4v) is 2.77. The molecule has 2 aromatic rings. The summed E-state index contributed by atoms with van der Waals surface area (Å²) in [6.45, 7) is 1.35. The molecule has 0 aromatic heterocycles. The maximum Gasteiger partial charge on any atom is 0.200 e. The van der Waals surface area contributed by atoms with Crippen LogP contribution < -0.4 is 15.4 Å². The molecule has 1 heterocycles. The number of halogens is 1. The fraction of sp³-hybridized carbons (Fsp3) is 0.167. The van der Waals surface area contributed by atoms with E-state index in [1.165, 1.54) is 19.2 Å². The number of ketones is 1. The van der Waals surface area contributed by atoms with Gasteiger partial charge in [0.05, 0.1) is 12.7 Å². The summed E-state index contributed by atoms with van der Waals surface area (Å²) < 4.78 is 5.08. The molecule has 0 amide bonds. The van der Waals surface area contributed by atoms with Gasteiger partial charge < -0.3 is 25.6 Å². The molecule has 3 rings (SSSR count). The molecule has 1 aliphatic heterocycles. The Balaban J connectivity index is 2.14. The number of hydrogen-bond acceptors (Lipinski definition) is 6. The van der Waals surface area contributed by atoms with Gasteiger partial charge >= 0.3 is 0 Å². The normalized spacial score (nSPS) is 13.1. The van der Waals surface area contributed by atoms with Gasteiger partial charge in [-0.05, 0) is 42.0 Å². The number of aromatic hydroxyl groups is 2. The monoisotopic (exact) mass is 360 g/mol. The number of allylic oxidation sites excluding steroid dienone is 1. The van der Waals surface area contributed by atoms with Crippen molar-refractivity contribution >= 4 is 23.0 Å². The first-order valence-electron chi connectivity index (χ1n) is 7.64. The summed E-state index contributed by atoms with van der Waals surface area (Å²) >= 11 is 5.89. The van der Waals surface area contributed by atoms with E-state index < -0.39 is 0 Å². The molecule has 6 nitrogen and oxygen atoms in total. The second-order valence-corrected chi connectivity index (χ2v) is 5.92. The van der Waals surface area contributed by atoms with Crippen molar-refractivity contribution in [1.82, 2.24) is 10.6 Å². The number of rotatable bonds is 4. The Morgan fingerprint density at radius 2 is 1.72 bits per heavy atom. The number of phenols is 2. The van der Waals surface area contributed by atoms with Gasteiger partial charge in [-0.25, -0.2) is 0 Å². The predicted octanol–water partition coefficient (Wildman–Crippen LogP) is 2.50. The molecule has 4 N–H and O–H groups in total. The van der Waals surface area contributed by atoms with Crippen LogP contribution in [0.25, 0.3) is 5.57 Å². The molecule has 130 valence electrons. The summed E-state index contributed by atoms with van der Waals surface area (Å²) in [7, 11) is 1.37. The largest absolute Gasteiger partial charge is 0.504 e.